The molecule has 0 amide bonds. The van der Waals surface area contributed by atoms with Crippen molar-refractivity contribution in [2.24, 2.45) is 12.5 Å². The lowest BCUT2D eigenvalue weighted by Gasteiger charge is -2.27. The molecule has 0 aliphatic rings. The Morgan fingerprint density at radius 2 is 2.12 bits per heavy atom. The molecule has 16 heavy (non-hydrogen) atoms. The van der Waals surface area contributed by atoms with Crippen molar-refractivity contribution in [1.82, 2.24) is 25.5 Å². The second kappa shape index (κ2) is 5.94. The third kappa shape index (κ3) is 3.89. The number of nitrogens with zero attached hydrogens (tertiary/aromatic N) is 4. The lowest BCUT2D eigenvalue weighted by atomic mass is 9.83. The molecule has 0 saturated heterocycles. The maximum atomic E-state index is 4.24. The van der Waals surface area contributed by atoms with E-state index in [9.17, 15) is 0 Å². The van der Waals surface area contributed by atoms with Crippen LogP contribution in [0.3, 0.4) is 0 Å². The third-order valence-electron chi connectivity index (χ3n) is 2.97. The van der Waals surface area contributed by atoms with E-state index in [0.29, 0.717) is 0 Å². The van der Waals surface area contributed by atoms with Crippen LogP contribution in [0.2, 0.25) is 0 Å². The van der Waals surface area contributed by atoms with Gasteiger partial charge >= 0.3 is 0 Å². The molecule has 1 heterocycles. The topological polar surface area (TPSA) is 55.6 Å². The van der Waals surface area contributed by atoms with E-state index in [1.807, 2.05) is 0 Å². The predicted molar refractivity (Wildman–Crippen MR) is 64.1 cm³/mol. The molecule has 0 aliphatic carbocycles. The highest BCUT2D eigenvalue weighted by Gasteiger charge is 2.24. The summed E-state index contributed by atoms with van der Waals surface area (Å²) in [6.07, 6.45) is 3.17. The fourth-order valence-electron chi connectivity index (χ4n) is 1.66. The lowest BCUT2D eigenvalue weighted by Crippen LogP contribution is -2.34. The molecule has 1 rings (SSSR count). The highest BCUT2D eigenvalue weighted by Crippen LogP contribution is 2.23. The molecule has 1 atom stereocenters. The van der Waals surface area contributed by atoms with Crippen molar-refractivity contribution in [3.8, 4) is 0 Å². The zero-order valence-corrected chi connectivity index (χ0v) is 10.8. The van der Waals surface area contributed by atoms with Crippen molar-refractivity contribution in [2.45, 2.75) is 40.0 Å². The Morgan fingerprint density at radius 3 is 2.62 bits per heavy atom. The van der Waals surface area contributed by atoms with Crippen LogP contribution in [0.5, 0.6) is 0 Å². The molecule has 0 saturated carbocycles. The maximum Gasteiger partial charge on any atom is 0.175 e. The molecule has 92 valence electrons. The number of nitrogens with one attached hydrogen (secondary N) is 1. The smallest absolute Gasteiger partial charge is 0.175 e. The van der Waals surface area contributed by atoms with Crippen LogP contribution in [-0.2, 0) is 13.5 Å². The minimum absolute atomic E-state index is 0.220. The minimum Gasteiger partial charge on any atom is -0.316 e. The summed E-state index contributed by atoms with van der Waals surface area (Å²) >= 11 is 0. The molecule has 0 bridgehead atoms. The molecule has 0 radical (unpaired) electrons. The molecule has 0 aromatic carbocycles. The summed E-state index contributed by atoms with van der Waals surface area (Å²) in [4.78, 5) is 1.52. The Labute approximate surface area is 97.6 Å². The van der Waals surface area contributed by atoms with Crippen LogP contribution < -0.4 is 5.32 Å². The van der Waals surface area contributed by atoms with Crippen LogP contribution in [-0.4, -0.2) is 33.3 Å². The van der Waals surface area contributed by atoms with Crippen LogP contribution in [0.1, 0.15) is 39.4 Å². The van der Waals surface area contributed by atoms with Crippen LogP contribution in [0, 0.1) is 5.41 Å². The quantitative estimate of drug-likeness (QED) is 0.708. The van der Waals surface area contributed by atoms with E-state index in [-0.39, 0.29) is 5.41 Å². The average molecular weight is 225 g/mol. The number of rotatable bonds is 7. The first-order chi connectivity index (χ1) is 7.59. The van der Waals surface area contributed by atoms with Gasteiger partial charge in [-0.25, -0.2) is 0 Å². The lowest BCUT2D eigenvalue weighted by molar-refractivity contribution is 0.285. The number of aryl methyl sites for hydroxylation is 1. The van der Waals surface area contributed by atoms with E-state index in [2.05, 4.69) is 41.5 Å². The zero-order chi connectivity index (χ0) is 12.0. The van der Waals surface area contributed by atoms with Crippen molar-refractivity contribution in [1.29, 1.82) is 0 Å². The highest BCUT2D eigenvalue weighted by molar-refractivity contribution is 4.88. The first kappa shape index (κ1) is 13.1. The van der Waals surface area contributed by atoms with Gasteiger partial charge in [-0.2, -0.15) is 4.80 Å². The molecule has 1 N–H and O–H groups in total. The molecule has 1 unspecified atom stereocenters. The van der Waals surface area contributed by atoms with Gasteiger partial charge < -0.3 is 5.32 Å². The van der Waals surface area contributed by atoms with Crippen LogP contribution in [0.25, 0.3) is 0 Å². The summed E-state index contributed by atoms with van der Waals surface area (Å²) in [5.41, 5.74) is 0.220. The fourth-order valence-corrected chi connectivity index (χ4v) is 1.66. The number of hydrogen-bond donors (Lipinski definition) is 1. The Morgan fingerprint density at radius 1 is 1.38 bits per heavy atom. The highest BCUT2D eigenvalue weighted by atomic mass is 15.6. The first-order valence-corrected chi connectivity index (χ1v) is 6.03. The molecule has 0 fully saturated rings. The van der Waals surface area contributed by atoms with Crippen molar-refractivity contribution < 1.29 is 0 Å². The second-order valence-corrected chi connectivity index (χ2v) is 4.71. The van der Waals surface area contributed by atoms with Crippen molar-refractivity contribution in [3.05, 3.63) is 5.82 Å². The Bertz CT molecular complexity index is 309. The van der Waals surface area contributed by atoms with Crippen molar-refractivity contribution >= 4 is 0 Å². The van der Waals surface area contributed by atoms with Gasteiger partial charge in [0.05, 0.1) is 7.05 Å². The summed E-state index contributed by atoms with van der Waals surface area (Å²) in [6.45, 7) is 8.75. The van der Waals surface area contributed by atoms with Crippen LogP contribution >= 0.6 is 0 Å². The number of hydrogen-bond acceptors (Lipinski definition) is 4. The fraction of sp³-hybridized carbons (Fsp3) is 0.909. The van der Waals surface area contributed by atoms with E-state index >= 15 is 0 Å². The van der Waals surface area contributed by atoms with Gasteiger partial charge in [-0.3, -0.25) is 0 Å². The van der Waals surface area contributed by atoms with Gasteiger partial charge in [0.2, 0.25) is 0 Å². The summed E-state index contributed by atoms with van der Waals surface area (Å²) in [7, 11) is 1.80. The molecule has 0 spiro atoms. The molecule has 1 aromatic rings. The molecule has 0 aliphatic heterocycles. The van der Waals surface area contributed by atoms with Gasteiger partial charge in [-0.15, -0.1) is 10.2 Å². The molecule has 5 nitrogen and oxygen atoms in total. The minimum atomic E-state index is 0.220. The van der Waals surface area contributed by atoms with Crippen molar-refractivity contribution in [3.63, 3.8) is 0 Å². The van der Waals surface area contributed by atoms with E-state index in [1.54, 1.807) is 7.05 Å². The summed E-state index contributed by atoms with van der Waals surface area (Å²) in [5.74, 6) is 0.838. The Balaban J connectivity index is 2.51. The zero-order valence-electron chi connectivity index (χ0n) is 10.8. The predicted octanol–water partition coefficient (Wildman–Crippen LogP) is 1.17. The van der Waals surface area contributed by atoms with Crippen molar-refractivity contribution in [2.75, 3.05) is 13.1 Å². The van der Waals surface area contributed by atoms with E-state index in [1.165, 1.54) is 11.2 Å². The van der Waals surface area contributed by atoms with Gasteiger partial charge in [-0.05, 0) is 30.0 Å². The summed E-state index contributed by atoms with van der Waals surface area (Å²) in [6, 6.07) is 0. The van der Waals surface area contributed by atoms with Gasteiger partial charge in [0, 0.05) is 13.0 Å². The molecule has 5 heteroatoms. The van der Waals surface area contributed by atoms with Gasteiger partial charge in [0.25, 0.3) is 0 Å². The first-order valence-electron chi connectivity index (χ1n) is 6.03. The molecular weight excluding hydrogens is 202 g/mol. The monoisotopic (exact) mass is 225 g/mol. The largest absolute Gasteiger partial charge is 0.316 e. The van der Waals surface area contributed by atoms with Gasteiger partial charge in [0.15, 0.2) is 5.82 Å². The number of tetrazole rings is 1. The average Bonchev–Trinajstić information content (AvgIpc) is 2.64. The third-order valence-corrected chi connectivity index (χ3v) is 2.97. The molecule has 1 aromatic heterocycles. The van der Waals surface area contributed by atoms with Gasteiger partial charge in [-0.1, -0.05) is 20.8 Å². The van der Waals surface area contributed by atoms with E-state index in [0.717, 1.165) is 31.8 Å². The summed E-state index contributed by atoms with van der Waals surface area (Å²) in [5, 5.41) is 15.6. The van der Waals surface area contributed by atoms with Gasteiger partial charge in [0.1, 0.15) is 0 Å². The SMILES string of the molecule is CCCNCC(C)(CC)Cc1nnn(C)n1. The normalized spacial score (nSPS) is 15.0. The molecular formula is C11H23N5. The maximum absolute atomic E-state index is 4.24. The summed E-state index contributed by atoms with van der Waals surface area (Å²) < 4.78 is 0. The Hall–Kier alpha value is -0.970. The van der Waals surface area contributed by atoms with E-state index in [4.69, 9.17) is 0 Å². The standard InChI is InChI=1S/C11H23N5/c1-5-7-12-9-11(3,6-2)8-10-13-15-16(4)14-10/h12H,5-9H2,1-4H3. The van der Waals surface area contributed by atoms with Crippen LogP contribution in [0.4, 0.5) is 0 Å². The Kier molecular flexibility index (Phi) is 4.86. The number of aromatic nitrogens is 4. The second-order valence-electron chi connectivity index (χ2n) is 4.71. The van der Waals surface area contributed by atoms with Crippen LogP contribution in [0.15, 0.2) is 0 Å². The van der Waals surface area contributed by atoms with E-state index < -0.39 is 0 Å².